The van der Waals surface area contributed by atoms with E-state index in [0.717, 1.165) is 16.8 Å². The Morgan fingerprint density at radius 2 is 1.87 bits per heavy atom. The van der Waals surface area contributed by atoms with E-state index in [1.165, 1.54) is 16.9 Å². The summed E-state index contributed by atoms with van der Waals surface area (Å²) in [4.78, 5) is 28.6. The van der Waals surface area contributed by atoms with Gasteiger partial charge in [0, 0.05) is 10.9 Å². The van der Waals surface area contributed by atoms with Gasteiger partial charge in [-0.1, -0.05) is 35.9 Å². The van der Waals surface area contributed by atoms with E-state index in [4.69, 9.17) is 14.2 Å². The quantitative estimate of drug-likeness (QED) is 0.609. The molecule has 4 rings (SSSR count). The molecule has 0 atom stereocenters. The van der Waals surface area contributed by atoms with Crippen molar-refractivity contribution in [1.29, 1.82) is 0 Å². The zero-order chi connectivity index (χ0) is 20.9. The van der Waals surface area contributed by atoms with Crippen LogP contribution < -0.4 is 14.8 Å². The molecule has 154 valence electrons. The lowest BCUT2D eigenvalue weighted by Gasteiger charge is -2.18. The van der Waals surface area contributed by atoms with Gasteiger partial charge in [-0.2, -0.15) is 0 Å². The molecule has 1 N–H and O–H groups in total. The molecule has 0 aliphatic carbocycles. The number of hydrogen-bond acceptors (Lipinski definition) is 7. The summed E-state index contributed by atoms with van der Waals surface area (Å²) in [5, 5.41) is 4.98. The van der Waals surface area contributed by atoms with Crippen LogP contribution in [-0.2, 0) is 20.7 Å². The molecule has 1 aromatic heterocycles. The van der Waals surface area contributed by atoms with Crippen LogP contribution in [-0.4, -0.2) is 36.7 Å². The molecule has 1 aliphatic rings. The molecule has 30 heavy (non-hydrogen) atoms. The number of aromatic nitrogens is 1. The predicted molar refractivity (Wildman–Crippen MR) is 113 cm³/mol. The van der Waals surface area contributed by atoms with Crippen molar-refractivity contribution in [2.45, 2.75) is 13.3 Å². The number of nitrogens with one attached hydrogen (secondary N) is 1. The first-order valence-electron chi connectivity index (χ1n) is 9.43. The minimum atomic E-state index is -0.499. The summed E-state index contributed by atoms with van der Waals surface area (Å²) in [5.41, 5.74) is 3.65. The number of esters is 1. The zero-order valence-electron chi connectivity index (χ0n) is 16.3. The standard InChI is InChI=1S/C22H20N2O5S/c1-14-2-5-16(6-3-14)17-13-30-22(23-17)24-20(25)12-29-21(26)11-15-4-7-18-19(10-15)28-9-8-27-18/h2-7,10,13H,8-9,11-12H2,1H3,(H,23,24,25). The number of aryl methyl sites for hydroxylation is 1. The molecule has 3 aromatic rings. The maximum atomic E-state index is 12.1. The van der Waals surface area contributed by atoms with E-state index < -0.39 is 11.9 Å². The second-order valence-electron chi connectivity index (χ2n) is 6.77. The van der Waals surface area contributed by atoms with Crippen LogP contribution in [0.25, 0.3) is 11.3 Å². The van der Waals surface area contributed by atoms with Crippen molar-refractivity contribution in [2.24, 2.45) is 0 Å². The number of benzene rings is 2. The summed E-state index contributed by atoms with van der Waals surface area (Å²) in [6.45, 7) is 2.63. The third-order valence-electron chi connectivity index (χ3n) is 4.42. The number of carbonyl (C=O) groups is 2. The Morgan fingerprint density at radius 3 is 2.67 bits per heavy atom. The molecule has 0 unspecified atom stereocenters. The van der Waals surface area contributed by atoms with Gasteiger partial charge in [-0.05, 0) is 24.6 Å². The Morgan fingerprint density at radius 1 is 1.10 bits per heavy atom. The van der Waals surface area contributed by atoms with Gasteiger partial charge in [0.25, 0.3) is 5.91 Å². The first-order chi connectivity index (χ1) is 14.6. The normalized spacial score (nSPS) is 12.3. The fraction of sp³-hybridized carbons (Fsp3) is 0.227. The van der Waals surface area contributed by atoms with Gasteiger partial charge in [0.15, 0.2) is 23.2 Å². The second-order valence-corrected chi connectivity index (χ2v) is 7.63. The lowest BCUT2D eigenvalue weighted by Crippen LogP contribution is -2.21. The number of hydrogen-bond donors (Lipinski definition) is 1. The predicted octanol–water partition coefficient (Wildman–Crippen LogP) is 3.61. The van der Waals surface area contributed by atoms with Crippen molar-refractivity contribution in [3.8, 4) is 22.8 Å². The minimum absolute atomic E-state index is 0.0404. The van der Waals surface area contributed by atoms with E-state index >= 15 is 0 Å². The van der Waals surface area contributed by atoms with Crippen LogP contribution in [0.5, 0.6) is 11.5 Å². The Hall–Kier alpha value is -3.39. The lowest BCUT2D eigenvalue weighted by molar-refractivity contribution is -0.146. The first-order valence-corrected chi connectivity index (χ1v) is 10.3. The SMILES string of the molecule is Cc1ccc(-c2csc(NC(=O)COC(=O)Cc3ccc4c(c3)OCCO4)n2)cc1. The van der Waals surface area contributed by atoms with Crippen LogP contribution in [0.4, 0.5) is 5.13 Å². The fourth-order valence-corrected chi connectivity index (χ4v) is 3.64. The van der Waals surface area contributed by atoms with Crippen LogP contribution in [0.1, 0.15) is 11.1 Å². The molecule has 2 heterocycles. The highest BCUT2D eigenvalue weighted by atomic mass is 32.1. The summed E-state index contributed by atoms with van der Waals surface area (Å²) < 4.78 is 16.0. The monoisotopic (exact) mass is 424 g/mol. The minimum Gasteiger partial charge on any atom is -0.486 e. The van der Waals surface area contributed by atoms with Crippen molar-refractivity contribution in [3.05, 3.63) is 59.0 Å². The van der Waals surface area contributed by atoms with E-state index in [1.54, 1.807) is 18.2 Å². The highest BCUT2D eigenvalue weighted by molar-refractivity contribution is 7.14. The number of rotatable bonds is 6. The molecule has 0 saturated carbocycles. The Kier molecular flexibility index (Phi) is 5.94. The molecule has 8 heteroatoms. The van der Waals surface area contributed by atoms with Crippen LogP contribution in [0.3, 0.4) is 0 Å². The van der Waals surface area contributed by atoms with Gasteiger partial charge < -0.3 is 14.2 Å². The second kappa shape index (κ2) is 8.96. The highest BCUT2D eigenvalue weighted by Crippen LogP contribution is 2.31. The summed E-state index contributed by atoms with van der Waals surface area (Å²) in [7, 11) is 0. The Balaban J connectivity index is 1.26. The van der Waals surface area contributed by atoms with Crippen LogP contribution in [0.2, 0.25) is 0 Å². The summed E-state index contributed by atoms with van der Waals surface area (Å²) in [6.07, 6.45) is 0.0404. The van der Waals surface area contributed by atoms with Gasteiger partial charge in [-0.3, -0.25) is 14.9 Å². The highest BCUT2D eigenvalue weighted by Gasteiger charge is 2.15. The van der Waals surface area contributed by atoms with Crippen molar-refractivity contribution in [3.63, 3.8) is 0 Å². The number of anilines is 1. The van der Waals surface area contributed by atoms with Crippen molar-refractivity contribution >= 4 is 28.3 Å². The summed E-state index contributed by atoms with van der Waals surface area (Å²) >= 11 is 1.32. The van der Waals surface area contributed by atoms with Gasteiger partial charge in [-0.25, -0.2) is 4.98 Å². The van der Waals surface area contributed by atoms with Gasteiger partial charge in [0.2, 0.25) is 0 Å². The third-order valence-corrected chi connectivity index (χ3v) is 5.17. The van der Waals surface area contributed by atoms with Crippen molar-refractivity contribution < 1.29 is 23.8 Å². The van der Waals surface area contributed by atoms with Crippen molar-refractivity contribution in [1.82, 2.24) is 4.98 Å². The lowest BCUT2D eigenvalue weighted by atomic mass is 10.1. The van der Waals surface area contributed by atoms with Crippen molar-refractivity contribution in [2.75, 3.05) is 25.1 Å². The Bertz CT molecular complexity index is 1060. The van der Waals surface area contributed by atoms with Gasteiger partial charge in [0.05, 0.1) is 12.1 Å². The molecule has 0 saturated heterocycles. The molecular weight excluding hydrogens is 404 g/mol. The summed E-state index contributed by atoms with van der Waals surface area (Å²) in [6, 6.07) is 13.3. The smallest absolute Gasteiger partial charge is 0.310 e. The first kappa shape index (κ1) is 19.9. The average molecular weight is 424 g/mol. The molecule has 1 aliphatic heterocycles. The van der Waals surface area contributed by atoms with Crippen LogP contribution >= 0.6 is 11.3 Å². The molecule has 0 bridgehead atoms. The van der Waals surface area contributed by atoms with E-state index in [0.29, 0.717) is 29.8 Å². The number of ether oxygens (including phenoxy) is 3. The number of thiazole rings is 1. The number of nitrogens with zero attached hydrogens (tertiary/aromatic N) is 1. The number of fused-ring (bicyclic) bond motifs is 1. The molecule has 0 spiro atoms. The number of amides is 1. The maximum absolute atomic E-state index is 12.1. The van der Waals surface area contributed by atoms with Gasteiger partial charge in [0.1, 0.15) is 13.2 Å². The topological polar surface area (TPSA) is 86.8 Å². The van der Waals surface area contributed by atoms with Gasteiger partial charge >= 0.3 is 5.97 Å². The molecular formula is C22H20N2O5S. The average Bonchev–Trinajstić information content (AvgIpc) is 3.21. The molecule has 0 radical (unpaired) electrons. The van der Waals surface area contributed by atoms with Crippen LogP contribution in [0.15, 0.2) is 47.8 Å². The third kappa shape index (κ3) is 4.96. The summed E-state index contributed by atoms with van der Waals surface area (Å²) in [5.74, 6) is 0.334. The largest absolute Gasteiger partial charge is 0.486 e. The maximum Gasteiger partial charge on any atom is 0.310 e. The van der Waals surface area contributed by atoms with Crippen LogP contribution in [0, 0.1) is 6.92 Å². The van der Waals surface area contributed by atoms with E-state index in [9.17, 15) is 9.59 Å². The molecule has 1 amide bonds. The van der Waals surface area contributed by atoms with E-state index in [-0.39, 0.29) is 13.0 Å². The fourth-order valence-electron chi connectivity index (χ4n) is 2.90. The Labute approximate surface area is 177 Å². The molecule has 2 aromatic carbocycles. The van der Waals surface area contributed by atoms with E-state index in [1.807, 2.05) is 36.6 Å². The molecule has 7 nitrogen and oxygen atoms in total. The van der Waals surface area contributed by atoms with Gasteiger partial charge in [-0.15, -0.1) is 11.3 Å². The molecule has 0 fully saturated rings. The van der Waals surface area contributed by atoms with E-state index in [2.05, 4.69) is 10.3 Å². The zero-order valence-corrected chi connectivity index (χ0v) is 17.2. The number of carbonyl (C=O) groups excluding carboxylic acids is 2.